The van der Waals surface area contributed by atoms with Gasteiger partial charge in [-0.05, 0) is 109 Å². The summed E-state index contributed by atoms with van der Waals surface area (Å²) < 4.78 is 20.4. The molecule has 2 saturated heterocycles. The third-order valence-corrected chi connectivity index (χ3v) is 9.91. The molecule has 3 fully saturated rings. The highest BCUT2D eigenvalue weighted by Crippen LogP contribution is 2.45. The maximum atomic E-state index is 14.2. The van der Waals surface area contributed by atoms with Crippen molar-refractivity contribution in [3.63, 3.8) is 0 Å². The summed E-state index contributed by atoms with van der Waals surface area (Å²) in [5.74, 6) is 1.70. The molecular formula is C34H44FN7O2. The number of carbonyl (C=O) groups is 1. The molecule has 1 aromatic carbocycles. The highest BCUT2D eigenvalue weighted by Gasteiger charge is 2.46. The molecule has 1 spiro atoms. The van der Waals surface area contributed by atoms with Gasteiger partial charge < -0.3 is 19.4 Å². The first-order chi connectivity index (χ1) is 21.3. The van der Waals surface area contributed by atoms with Crippen LogP contribution in [0.2, 0.25) is 0 Å². The van der Waals surface area contributed by atoms with Crippen molar-refractivity contribution in [1.82, 2.24) is 30.0 Å². The maximum absolute atomic E-state index is 14.2. The van der Waals surface area contributed by atoms with E-state index < -0.39 is 5.82 Å². The van der Waals surface area contributed by atoms with E-state index in [0.29, 0.717) is 18.3 Å². The van der Waals surface area contributed by atoms with Gasteiger partial charge in [-0.3, -0.25) is 9.78 Å². The van der Waals surface area contributed by atoms with Gasteiger partial charge in [0.05, 0.1) is 5.56 Å². The zero-order valence-corrected chi connectivity index (χ0v) is 26.2. The molecule has 0 radical (unpaired) electrons. The molecule has 0 N–H and O–H groups in total. The predicted molar refractivity (Wildman–Crippen MR) is 167 cm³/mol. The summed E-state index contributed by atoms with van der Waals surface area (Å²) >= 11 is 0. The molecule has 3 aliphatic rings. The van der Waals surface area contributed by atoms with E-state index in [1.165, 1.54) is 75.3 Å². The van der Waals surface area contributed by atoms with E-state index in [2.05, 4.69) is 42.1 Å². The molecular weight excluding hydrogens is 557 g/mol. The van der Waals surface area contributed by atoms with Crippen molar-refractivity contribution in [1.29, 1.82) is 0 Å². The zero-order chi connectivity index (χ0) is 30.7. The Kier molecular flexibility index (Phi) is 9.07. The summed E-state index contributed by atoms with van der Waals surface area (Å²) in [6.07, 6.45) is 10.7. The van der Waals surface area contributed by atoms with E-state index in [4.69, 9.17) is 4.74 Å². The summed E-state index contributed by atoms with van der Waals surface area (Å²) in [7, 11) is 0. The lowest BCUT2D eigenvalue weighted by Gasteiger charge is -2.54. The molecule has 0 atom stereocenters. The van der Waals surface area contributed by atoms with Gasteiger partial charge in [0.15, 0.2) is 5.82 Å². The van der Waals surface area contributed by atoms with Crippen LogP contribution in [0.1, 0.15) is 81.3 Å². The molecule has 3 aromatic rings. The Balaban J connectivity index is 1.04. The topological polar surface area (TPSA) is 87.6 Å². The van der Waals surface area contributed by atoms with E-state index in [9.17, 15) is 9.18 Å². The minimum atomic E-state index is -0.494. The van der Waals surface area contributed by atoms with Crippen LogP contribution in [-0.2, 0) is 0 Å². The van der Waals surface area contributed by atoms with Crippen molar-refractivity contribution >= 4 is 11.7 Å². The van der Waals surface area contributed by atoms with E-state index >= 15 is 0 Å². The minimum absolute atomic E-state index is 0.0340. The number of hydrogen-bond acceptors (Lipinski definition) is 8. The van der Waals surface area contributed by atoms with Crippen LogP contribution in [0.25, 0.3) is 0 Å². The molecule has 1 saturated carbocycles. The molecule has 10 heteroatoms. The van der Waals surface area contributed by atoms with Gasteiger partial charge in [0.2, 0.25) is 0 Å². The summed E-state index contributed by atoms with van der Waals surface area (Å²) in [6, 6.07) is 10.2. The van der Waals surface area contributed by atoms with Crippen LogP contribution in [0.3, 0.4) is 0 Å². The van der Waals surface area contributed by atoms with Gasteiger partial charge in [-0.2, -0.15) is 0 Å². The fraction of sp³-hybridized carbons (Fsp3) is 0.559. The highest BCUT2D eigenvalue weighted by molar-refractivity contribution is 5.97. The molecule has 6 rings (SSSR count). The predicted octanol–water partition coefficient (Wildman–Crippen LogP) is 5.94. The Bertz CT molecular complexity index is 1410. The third-order valence-electron chi connectivity index (χ3n) is 9.91. The van der Waals surface area contributed by atoms with Crippen molar-refractivity contribution < 1.29 is 13.9 Å². The number of carbonyl (C=O) groups excluding carboxylic acids is 1. The number of benzene rings is 1. The second kappa shape index (κ2) is 13.1. The number of aromatic nitrogens is 4. The average Bonchev–Trinajstić information content (AvgIpc) is 3.02. The van der Waals surface area contributed by atoms with E-state index in [1.807, 2.05) is 33.0 Å². The standard InChI is InChI=1S/C34H44FN7O2/c1-4-42(24(2)3)33(43)28-19-27(35)12-13-30(28)44-32-31(37-23-38-39-32)41-21-34(22-41)14-17-40(18-15-34)20-25-8-10-26(11-9-25)29-7-5-6-16-36-29/h5-7,12-13,16,19,23-26H,4,8-11,14-15,17-18,20-22H2,1-3H3. The van der Waals surface area contributed by atoms with Crippen LogP contribution in [0.4, 0.5) is 10.2 Å². The van der Waals surface area contributed by atoms with Crippen molar-refractivity contribution in [2.75, 3.05) is 44.2 Å². The van der Waals surface area contributed by atoms with Gasteiger partial charge in [-0.25, -0.2) is 9.37 Å². The number of hydrogen-bond donors (Lipinski definition) is 0. The summed E-state index contributed by atoms with van der Waals surface area (Å²) in [4.78, 5) is 28.9. The fourth-order valence-electron chi connectivity index (χ4n) is 7.36. The van der Waals surface area contributed by atoms with Crippen molar-refractivity contribution in [3.8, 4) is 11.6 Å². The molecule has 44 heavy (non-hydrogen) atoms. The van der Waals surface area contributed by atoms with Crippen molar-refractivity contribution in [3.05, 3.63) is 66.0 Å². The van der Waals surface area contributed by atoms with Crippen LogP contribution in [0.15, 0.2) is 48.9 Å². The molecule has 234 valence electrons. The van der Waals surface area contributed by atoms with Crippen LogP contribution >= 0.6 is 0 Å². The van der Waals surface area contributed by atoms with Gasteiger partial charge >= 0.3 is 0 Å². The monoisotopic (exact) mass is 601 g/mol. The molecule has 0 bridgehead atoms. The Hall–Kier alpha value is -3.66. The normalized spacial score (nSPS) is 21.7. The zero-order valence-electron chi connectivity index (χ0n) is 26.2. The number of nitrogens with zero attached hydrogens (tertiary/aromatic N) is 7. The number of rotatable bonds is 9. The Morgan fingerprint density at radius 1 is 1.09 bits per heavy atom. The number of ether oxygens (including phenoxy) is 1. The smallest absolute Gasteiger partial charge is 0.282 e. The van der Waals surface area contributed by atoms with E-state index in [1.54, 1.807) is 4.90 Å². The van der Waals surface area contributed by atoms with Gasteiger partial charge in [0.25, 0.3) is 11.8 Å². The molecule has 2 aromatic heterocycles. The SMILES string of the molecule is CCN(C(=O)c1cc(F)ccc1Oc1nncnc1N1CC2(CCN(CC3CCC(c4ccccn4)CC3)CC2)C1)C(C)C. The summed E-state index contributed by atoms with van der Waals surface area (Å²) in [5, 5.41) is 8.18. The van der Waals surface area contributed by atoms with E-state index in [0.717, 1.165) is 32.1 Å². The minimum Gasteiger partial charge on any atom is -0.434 e. The number of amides is 1. The number of pyridine rings is 1. The lowest BCUT2D eigenvalue weighted by molar-refractivity contribution is 0.0618. The number of likely N-dealkylation sites (tertiary alicyclic amines) is 1. The van der Waals surface area contributed by atoms with Crippen LogP contribution in [0.5, 0.6) is 11.6 Å². The Labute approximate surface area is 259 Å². The Morgan fingerprint density at radius 3 is 2.55 bits per heavy atom. The lowest BCUT2D eigenvalue weighted by atomic mass is 9.71. The summed E-state index contributed by atoms with van der Waals surface area (Å²) in [5.41, 5.74) is 1.69. The second-order valence-corrected chi connectivity index (χ2v) is 13.1. The molecule has 0 unspecified atom stereocenters. The van der Waals surface area contributed by atoms with Gasteiger partial charge in [0, 0.05) is 55.4 Å². The number of piperidine rings is 1. The van der Waals surface area contributed by atoms with Crippen LogP contribution in [0, 0.1) is 17.2 Å². The van der Waals surface area contributed by atoms with Gasteiger partial charge in [0.1, 0.15) is 17.9 Å². The van der Waals surface area contributed by atoms with Crippen LogP contribution < -0.4 is 9.64 Å². The maximum Gasteiger partial charge on any atom is 0.282 e. The average molecular weight is 602 g/mol. The molecule has 1 amide bonds. The second-order valence-electron chi connectivity index (χ2n) is 13.1. The molecule has 1 aliphatic carbocycles. The first-order valence-corrected chi connectivity index (χ1v) is 16.2. The Morgan fingerprint density at radius 2 is 1.86 bits per heavy atom. The first kappa shape index (κ1) is 30.4. The van der Waals surface area contributed by atoms with Crippen molar-refractivity contribution in [2.24, 2.45) is 11.3 Å². The lowest BCUT2D eigenvalue weighted by Crippen LogP contribution is -2.61. The fourth-order valence-corrected chi connectivity index (χ4v) is 7.36. The van der Waals surface area contributed by atoms with Gasteiger partial charge in [-0.15, -0.1) is 10.2 Å². The first-order valence-electron chi connectivity index (χ1n) is 16.2. The quantitative estimate of drug-likeness (QED) is 0.298. The largest absolute Gasteiger partial charge is 0.434 e. The molecule has 2 aliphatic heterocycles. The molecule has 4 heterocycles. The third kappa shape index (κ3) is 6.55. The molecule has 9 nitrogen and oxygen atoms in total. The van der Waals surface area contributed by atoms with Gasteiger partial charge in [-0.1, -0.05) is 6.07 Å². The summed E-state index contributed by atoms with van der Waals surface area (Å²) in [6.45, 7) is 11.5. The van der Waals surface area contributed by atoms with Crippen LogP contribution in [-0.4, -0.2) is 81.2 Å². The van der Waals surface area contributed by atoms with Crippen molar-refractivity contribution in [2.45, 2.75) is 71.3 Å². The number of anilines is 1. The number of halogens is 1. The van der Waals surface area contributed by atoms with E-state index in [-0.39, 0.29) is 34.6 Å². The highest BCUT2D eigenvalue weighted by atomic mass is 19.1.